The third kappa shape index (κ3) is 9.67. The van der Waals surface area contributed by atoms with E-state index in [0.29, 0.717) is 6.61 Å². The van der Waals surface area contributed by atoms with Gasteiger partial charge in [-0.15, -0.1) is 23.2 Å². The van der Waals surface area contributed by atoms with Gasteiger partial charge in [-0.2, -0.15) is 0 Å². The van der Waals surface area contributed by atoms with E-state index in [1.165, 1.54) is 57.8 Å². The Morgan fingerprint density at radius 3 is 1.55 bits per heavy atom. The summed E-state index contributed by atoms with van der Waals surface area (Å²) >= 11 is 12.1. The van der Waals surface area contributed by atoms with Crippen LogP contribution in [0.1, 0.15) is 71.1 Å². The second-order valence-corrected chi connectivity index (χ2v) is 12.3. The Bertz CT molecular complexity index is 643. The van der Waals surface area contributed by atoms with Crippen LogP contribution in [0.15, 0.2) is 60.7 Å². The molecule has 0 aliphatic rings. The monoisotopic (exact) mass is 480 g/mol. The third-order valence-electron chi connectivity index (χ3n) is 5.52. The summed E-state index contributed by atoms with van der Waals surface area (Å²) in [4.78, 5) is -0.583. The predicted octanol–water partition coefficient (Wildman–Crippen LogP) is 7.00. The average molecular weight is 482 g/mol. The van der Waals surface area contributed by atoms with Crippen LogP contribution < -0.4 is 10.4 Å². The van der Waals surface area contributed by atoms with Crippen molar-refractivity contribution in [1.82, 2.24) is 0 Å². The summed E-state index contributed by atoms with van der Waals surface area (Å²) in [5.74, 6) is 0. The molecule has 2 nitrogen and oxygen atoms in total. The molecule has 0 atom stereocenters. The van der Waals surface area contributed by atoms with Gasteiger partial charge in [0.25, 0.3) is 0 Å². The molecule has 0 spiro atoms. The molecule has 0 heterocycles. The Hall–Kier alpha value is -0.843. The summed E-state index contributed by atoms with van der Waals surface area (Å²) in [6, 6.07) is 20.5. The predicted molar refractivity (Wildman–Crippen MR) is 137 cm³/mol. The van der Waals surface area contributed by atoms with Crippen molar-refractivity contribution in [3.8, 4) is 0 Å². The Kier molecular flexibility index (Phi) is 13.5. The van der Waals surface area contributed by atoms with Gasteiger partial charge in [0.2, 0.25) is 0 Å². The van der Waals surface area contributed by atoms with Crippen LogP contribution >= 0.6 is 23.2 Å². The minimum atomic E-state index is -2.87. The van der Waals surface area contributed by atoms with E-state index in [-0.39, 0.29) is 6.61 Å². The zero-order valence-corrected chi connectivity index (χ0v) is 21.4. The van der Waals surface area contributed by atoms with Crippen molar-refractivity contribution in [2.24, 2.45) is 0 Å². The number of unbranched alkanes of at least 4 members (excludes halogenated alkanes) is 9. The summed E-state index contributed by atoms with van der Waals surface area (Å²) in [6.07, 6.45) is 13.0. The maximum Gasteiger partial charge on any atom is 0.407 e. The molecule has 0 radical (unpaired) electrons. The molecule has 0 saturated carbocycles. The van der Waals surface area contributed by atoms with Crippen molar-refractivity contribution < 1.29 is 8.85 Å². The van der Waals surface area contributed by atoms with Gasteiger partial charge in [-0.3, -0.25) is 0 Å². The fourth-order valence-electron chi connectivity index (χ4n) is 3.84. The molecule has 0 aromatic heterocycles. The van der Waals surface area contributed by atoms with Crippen molar-refractivity contribution in [2.45, 2.75) is 76.0 Å². The van der Waals surface area contributed by atoms with E-state index in [1.54, 1.807) is 0 Å². The van der Waals surface area contributed by atoms with Gasteiger partial charge in [0.05, 0.1) is 6.61 Å². The Morgan fingerprint density at radius 2 is 1.10 bits per heavy atom. The first-order chi connectivity index (χ1) is 15.2. The Labute approximate surface area is 200 Å². The van der Waals surface area contributed by atoms with Gasteiger partial charge in [-0.05, 0) is 16.8 Å². The quantitative estimate of drug-likeness (QED) is 0.138. The Balaban J connectivity index is 1.92. The van der Waals surface area contributed by atoms with Crippen LogP contribution in [0.5, 0.6) is 0 Å². The lowest BCUT2D eigenvalue weighted by atomic mass is 10.1. The molecular formula is C26H38Cl2O2Si. The largest absolute Gasteiger partial charge is 0.407 e. The van der Waals surface area contributed by atoms with Crippen LogP contribution in [0.3, 0.4) is 0 Å². The molecule has 5 heteroatoms. The van der Waals surface area contributed by atoms with Gasteiger partial charge in [-0.25, -0.2) is 0 Å². The maximum atomic E-state index is 6.62. The Morgan fingerprint density at radius 1 is 0.645 bits per heavy atom. The SMILES string of the molecule is CCCCCCCCCCCCO[Si](OCC(Cl)Cl)(c1ccccc1)c1ccccc1. The summed E-state index contributed by atoms with van der Waals surface area (Å²) in [6.45, 7) is 3.20. The maximum absolute atomic E-state index is 6.62. The van der Waals surface area contributed by atoms with Crippen molar-refractivity contribution in [1.29, 1.82) is 0 Å². The molecule has 0 aliphatic heterocycles. The van der Waals surface area contributed by atoms with Gasteiger partial charge in [0, 0.05) is 6.61 Å². The molecular weight excluding hydrogens is 443 g/mol. The molecule has 31 heavy (non-hydrogen) atoms. The van der Waals surface area contributed by atoms with Crippen LogP contribution in [0.25, 0.3) is 0 Å². The average Bonchev–Trinajstić information content (AvgIpc) is 2.80. The molecule has 0 bridgehead atoms. The van der Waals surface area contributed by atoms with Crippen molar-refractivity contribution in [3.05, 3.63) is 60.7 Å². The highest BCUT2D eigenvalue weighted by Crippen LogP contribution is 2.15. The molecule has 172 valence electrons. The zero-order valence-electron chi connectivity index (χ0n) is 18.9. The molecule has 0 fully saturated rings. The van der Waals surface area contributed by atoms with E-state index >= 15 is 0 Å². The standard InChI is InChI=1S/C26H38Cl2O2Si/c1-2-3-4-5-6-7-8-9-10-17-22-29-31(30-23-26(27)28,24-18-13-11-14-19-24)25-20-15-12-16-21-25/h11-16,18-21,26H,2-10,17,22-23H2,1H3. The third-order valence-corrected chi connectivity index (χ3v) is 9.15. The molecule has 2 aromatic carbocycles. The molecule has 0 aliphatic carbocycles. The minimum Gasteiger partial charge on any atom is -0.388 e. The summed E-state index contributed by atoms with van der Waals surface area (Å²) in [5.41, 5.74) is 0. The fraction of sp³-hybridized carbons (Fsp3) is 0.538. The molecule has 0 saturated heterocycles. The van der Waals surface area contributed by atoms with E-state index < -0.39 is 13.4 Å². The molecule has 2 rings (SSSR count). The summed E-state index contributed by atoms with van der Waals surface area (Å²) in [7, 11) is -2.87. The van der Waals surface area contributed by atoms with Crippen LogP contribution in [-0.2, 0) is 8.85 Å². The van der Waals surface area contributed by atoms with Crippen LogP contribution in [0.4, 0.5) is 0 Å². The highest BCUT2D eigenvalue weighted by molar-refractivity contribution is 6.92. The minimum absolute atomic E-state index is 0.247. The highest BCUT2D eigenvalue weighted by Gasteiger charge is 2.43. The lowest BCUT2D eigenvalue weighted by Gasteiger charge is -2.32. The van der Waals surface area contributed by atoms with Crippen LogP contribution in [-0.4, -0.2) is 26.6 Å². The lowest BCUT2D eigenvalue weighted by Crippen LogP contribution is -2.63. The summed E-state index contributed by atoms with van der Waals surface area (Å²) < 4.78 is 13.0. The summed E-state index contributed by atoms with van der Waals surface area (Å²) in [5, 5.41) is 2.17. The fourth-order valence-corrected chi connectivity index (χ4v) is 7.36. The first kappa shape index (κ1) is 26.4. The van der Waals surface area contributed by atoms with Crippen molar-refractivity contribution in [2.75, 3.05) is 13.2 Å². The number of benzene rings is 2. The first-order valence-corrected chi connectivity index (χ1v) is 14.5. The van der Waals surface area contributed by atoms with Crippen molar-refractivity contribution in [3.63, 3.8) is 0 Å². The number of alkyl halides is 2. The van der Waals surface area contributed by atoms with Gasteiger partial charge in [0.1, 0.15) is 4.84 Å². The second-order valence-electron chi connectivity index (χ2n) is 8.08. The molecule has 0 amide bonds. The number of hydrogen-bond acceptors (Lipinski definition) is 2. The molecule has 0 unspecified atom stereocenters. The smallest absolute Gasteiger partial charge is 0.388 e. The second kappa shape index (κ2) is 15.9. The normalized spacial score (nSPS) is 11.9. The molecule has 2 aromatic rings. The lowest BCUT2D eigenvalue weighted by molar-refractivity contribution is 0.193. The van der Waals surface area contributed by atoms with Gasteiger partial charge < -0.3 is 8.85 Å². The highest BCUT2D eigenvalue weighted by atomic mass is 35.5. The molecule has 0 N–H and O–H groups in total. The van der Waals surface area contributed by atoms with Gasteiger partial charge in [-0.1, -0.05) is 125 Å². The van der Waals surface area contributed by atoms with E-state index in [4.69, 9.17) is 32.1 Å². The van der Waals surface area contributed by atoms with Crippen LogP contribution in [0.2, 0.25) is 0 Å². The van der Waals surface area contributed by atoms with Crippen molar-refractivity contribution >= 4 is 42.1 Å². The van der Waals surface area contributed by atoms with Crippen LogP contribution in [0, 0.1) is 0 Å². The van der Waals surface area contributed by atoms with Gasteiger partial charge >= 0.3 is 8.56 Å². The van der Waals surface area contributed by atoms with E-state index in [9.17, 15) is 0 Å². The van der Waals surface area contributed by atoms with E-state index in [2.05, 4.69) is 31.2 Å². The van der Waals surface area contributed by atoms with E-state index in [1.807, 2.05) is 36.4 Å². The first-order valence-electron chi connectivity index (χ1n) is 11.9. The number of halogens is 2. The van der Waals surface area contributed by atoms with E-state index in [0.717, 1.165) is 16.8 Å². The number of hydrogen-bond donors (Lipinski definition) is 0. The zero-order chi connectivity index (χ0) is 22.2. The number of rotatable bonds is 17. The van der Waals surface area contributed by atoms with Gasteiger partial charge in [0.15, 0.2) is 0 Å². The topological polar surface area (TPSA) is 18.5 Å².